The monoisotopic (exact) mass is 287 g/mol. The summed E-state index contributed by atoms with van der Waals surface area (Å²) in [6.45, 7) is 5.76. The number of ether oxygens (including phenoxy) is 1. The van der Waals surface area contributed by atoms with Crippen LogP contribution in [0.1, 0.15) is 38.2 Å². The van der Waals surface area contributed by atoms with Crippen LogP contribution in [-0.2, 0) is 14.9 Å². The SMILES string of the molecule is C[C@]1(c2ccccc2)CCC(=O)N(CC2CCOCC2)C1. The number of amides is 1. The van der Waals surface area contributed by atoms with E-state index in [9.17, 15) is 4.79 Å². The van der Waals surface area contributed by atoms with Gasteiger partial charge < -0.3 is 9.64 Å². The van der Waals surface area contributed by atoms with Gasteiger partial charge in [0, 0.05) is 38.1 Å². The summed E-state index contributed by atoms with van der Waals surface area (Å²) in [4.78, 5) is 14.4. The predicted molar refractivity (Wildman–Crippen MR) is 83.2 cm³/mol. The average molecular weight is 287 g/mol. The second-order valence-electron chi connectivity index (χ2n) is 6.76. The van der Waals surface area contributed by atoms with Gasteiger partial charge in [-0.2, -0.15) is 0 Å². The summed E-state index contributed by atoms with van der Waals surface area (Å²) in [5.41, 5.74) is 1.45. The molecular formula is C18H25NO2. The summed E-state index contributed by atoms with van der Waals surface area (Å²) in [6.07, 6.45) is 3.81. The fourth-order valence-corrected chi connectivity index (χ4v) is 3.61. The van der Waals surface area contributed by atoms with Gasteiger partial charge >= 0.3 is 0 Å². The highest BCUT2D eigenvalue weighted by molar-refractivity contribution is 5.77. The van der Waals surface area contributed by atoms with Crippen molar-refractivity contribution in [2.75, 3.05) is 26.3 Å². The number of nitrogens with zero attached hydrogens (tertiary/aromatic N) is 1. The van der Waals surface area contributed by atoms with E-state index in [0.29, 0.717) is 18.2 Å². The van der Waals surface area contributed by atoms with E-state index in [1.54, 1.807) is 0 Å². The second kappa shape index (κ2) is 6.18. The molecule has 3 heteroatoms. The summed E-state index contributed by atoms with van der Waals surface area (Å²) < 4.78 is 5.42. The Balaban J connectivity index is 1.70. The molecule has 3 rings (SSSR count). The molecule has 0 aliphatic carbocycles. The summed E-state index contributed by atoms with van der Waals surface area (Å²) in [7, 11) is 0. The van der Waals surface area contributed by atoms with Crippen LogP contribution in [0, 0.1) is 5.92 Å². The van der Waals surface area contributed by atoms with Crippen molar-refractivity contribution >= 4 is 5.91 Å². The Morgan fingerprint density at radius 2 is 1.95 bits per heavy atom. The third kappa shape index (κ3) is 3.29. The van der Waals surface area contributed by atoms with Crippen molar-refractivity contribution in [2.24, 2.45) is 5.92 Å². The Bertz CT molecular complexity index is 481. The zero-order valence-electron chi connectivity index (χ0n) is 12.9. The minimum absolute atomic E-state index is 0.0976. The number of hydrogen-bond acceptors (Lipinski definition) is 2. The lowest BCUT2D eigenvalue weighted by Crippen LogP contribution is -2.49. The molecule has 0 N–H and O–H groups in total. The van der Waals surface area contributed by atoms with Crippen LogP contribution >= 0.6 is 0 Å². The molecule has 1 aromatic carbocycles. The number of likely N-dealkylation sites (tertiary alicyclic amines) is 1. The van der Waals surface area contributed by atoms with Crippen LogP contribution in [-0.4, -0.2) is 37.1 Å². The van der Waals surface area contributed by atoms with Gasteiger partial charge in [-0.15, -0.1) is 0 Å². The Labute approximate surface area is 127 Å². The number of carbonyl (C=O) groups excluding carboxylic acids is 1. The maximum Gasteiger partial charge on any atom is 0.222 e. The lowest BCUT2D eigenvalue weighted by atomic mass is 9.75. The molecule has 2 heterocycles. The van der Waals surface area contributed by atoms with E-state index in [1.165, 1.54) is 5.56 Å². The van der Waals surface area contributed by atoms with E-state index in [-0.39, 0.29) is 5.41 Å². The summed E-state index contributed by atoms with van der Waals surface area (Å²) in [5, 5.41) is 0. The first-order chi connectivity index (χ1) is 10.2. The standard InChI is InChI=1S/C18H25NO2/c1-18(16-5-3-2-4-6-16)10-7-17(20)19(14-18)13-15-8-11-21-12-9-15/h2-6,15H,7-14H2,1H3/t18-/m0/s1. The Hall–Kier alpha value is -1.35. The molecule has 0 bridgehead atoms. The normalized spacial score (nSPS) is 27.9. The molecule has 0 radical (unpaired) electrons. The molecule has 21 heavy (non-hydrogen) atoms. The number of hydrogen-bond donors (Lipinski definition) is 0. The molecule has 3 nitrogen and oxygen atoms in total. The third-order valence-corrected chi connectivity index (χ3v) is 5.07. The molecule has 2 aliphatic heterocycles. The highest BCUT2D eigenvalue weighted by Gasteiger charge is 2.36. The van der Waals surface area contributed by atoms with Gasteiger partial charge in [0.25, 0.3) is 0 Å². The largest absolute Gasteiger partial charge is 0.381 e. The first-order valence-electron chi connectivity index (χ1n) is 8.08. The number of rotatable bonds is 3. The fourth-order valence-electron chi connectivity index (χ4n) is 3.61. The van der Waals surface area contributed by atoms with Gasteiger partial charge in [-0.05, 0) is 30.7 Å². The predicted octanol–water partition coefficient (Wildman–Crippen LogP) is 2.99. The number of piperidine rings is 1. The van der Waals surface area contributed by atoms with Crippen LogP contribution in [0.25, 0.3) is 0 Å². The van der Waals surface area contributed by atoms with E-state index in [2.05, 4.69) is 42.2 Å². The zero-order chi connectivity index (χ0) is 14.7. The van der Waals surface area contributed by atoms with E-state index < -0.39 is 0 Å². The summed E-state index contributed by atoms with van der Waals surface area (Å²) >= 11 is 0. The molecular weight excluding hydrogens is 262 g/mol. The maximum absolute atomic E-state index is 12.3. The zero-order valence-corrected chi connectivity index (χ0v) is 12.9. The van der Waals surface area contributed by atoms with Gasteiger partial charge in [-0.3, -0.25) is 4.79 Å². The summed E-state index contributed by atoms with van der Waals surface area (Å²) in [5.74, 6) is 0.940. The number of carbonyl (C=O) groups is 1. The maximum atomic E-state index is 12.3. The molecule has 2 aliphatic rings. The van der Waals surface area contributed by atoms with Gasteiger partial charge in [0.05, 0.1) is 0 Å². The molecule has 2 saturated heterocycles. The van der Waals surface area contributed by atoms with E-state index in [0.717, 1.165) is 45.6 Å². The number of benzene rings is 1. The van der Waals surface area contributed by atoms with Crippen molar-refractivity contribution in [3.05, 3.63) is 35.9 Å². The Kier molecular flexibility index (Phi) is 4.29. The molecule has 114 valence electrons. The second-order valence-corrected chi connectivity index (χ2v) is 6.76. The molecule has 1 aromatic rings. The van der Waals surface area contributed by atoms with Gasteiger partial charge in [0.15, 0.2) is 0 Å². The van der Waals surface area contributed by atoms with Gasteiger partial charge in [-0.1, -0.05) is 37.3 Å². The van der Waals surface area contributed by atoms with Crippen molar-refractivity contribution in [2.45, 2.75) is 38.0 Å². The molecule has 0 saturated carbocycles. The van der Waals surface area contributed by atoms with Crippen LogP contribution in [0.4, 0.5) is 0 Å². The van der Waals surface area contributed by atoms with Crippen molar-refractivity contribution < 1.29 is 9.53 Å². The fraction of sp³-hybridized carbons (Fsp3) is 0.611. The van der Waals surface area contributed by atoms with Crippen LogP contribution in [0.15, 0.2) is 30.3 Å². The molecule has 0 spiro atoms. The van der Waals surface area contributed by atoms with Crippen molar-refractivity contribution in [3.8, 4) is 0 Å². The molecule has 1 atom stereocenters. The first kappa shape index (κ1) is 14.6. The summed E-state index contributed by atoms with van der Waals surface area (Å²) in [6, 6.07) is 10.6. The van der Waals surface area contributed by atoms with Gasteiger partial charge in [0.1, 0.15) is 0 Å². The Morgan fingerprint density at radius 3 is 2.67 bits per heavy atom. The topological polar surface area (TPSA) is 29.5 Å². The van der Waals surface area contributed by atoms with Gasteiger partial charge in [-0.25, -0.2) is 0 Å². The lowest BCUT2D eigenvalue weighted by molar-refractivity contribution is -0.136. The van der Waals surface area contributed by atoms with Gasteiger partial charge in [0.2, 0.25) is 5.91 Å². The molecule has 0 unspecified atom stereocenters. The van der Waals surface area contributed by atoms with Crippen LogP contribution in [0.5, 0.6) is 0 Å². The third-order valence-electron chi connectivity index (χ3n) is 5.07. The molecule has 1 amide bonds. The van der Waals surface area contributed by atoms with Crippen molar-refractivity contribution in [3.63, 3.8) is 0 Å². The van der Waals surface area contributed by atoms with Crippen molar-refractivity contribution in [1.29, 1.82) is 0 Å². The first-order valence-corrected chi connectivity index (χ1v) is 8.08. The van der Waals surface area contributed by atoms with Crippen molar-refractivity contribution in [1.82, 2.24) is 4.90 Å². The minimum atomic E-state index is 0.0976. The van der Waals surface area contributed by atoms with Crippen LogP contribution in [0.3, 0.4) is 0 Å². The lowest BCUT2D eigenvalue weighted by Gasteiger charge is -2.42. The van der Waals surface area contributed by atoms with E-state index in [4.69, 9.17) is 4.74 Å². The van der Waals surface area contributed by atoms with E-state index in [1.807, 2.05) is 0 Å². The smallest absolute Gasteiger partial charge is 0.222 e. The Morgan fingerprint density at radius 1 is 1.24 bits per heavy atom. The highest BCUT2D eigenvalue weighted by atomic mass is 16.5. The molecule has 0 aromatic heterocycles. The highest BCUT2D eigenvalue weighted by Crippen LogP contribution is 2.34. The minimum Gasteiger partial charge on any atom is -0.381 e. The van der Waals surface area contributed by atoms with E-state index >= 15 is 0 Å². The molecule has 2 fully saturated rings. The quantitative estimate of drug-likeness (QED) is 0.855. The van der Waals surface area contributed by atoms with Crippen LogP contribution < -0.4 is 0 Å². The van der Waals surface area contributed by atoms with Crippen LogP contribution in [0.2, 0.25) is 0 Å². The average Bonchev–Trinajstić information content (AvgIpc) is 2.53.